The van der Waals surface area contributed by atoms with Crippen molar-refractivity contribution in [3.05, 3.63) is 29.8 Å². The van der Waals surface area contributed by atoms with E-state index in [2.05, 4.69) is 31.0 Å². The molecule has 0 fully saturated rings. The summed E-state index contributed by atoms with van der Waals surface area (Å²) in [5.41, 5.74) is 6.91. The molecule has 1 aromatic rings. The lowest BCUT2D eigenvalue weighted by Crippen LogP contribution is -2.34. The maximum absolute atomic E-state index is 5.63. The summed E-state index contributed by atoms with van der Waals surface area (Å²) >= 11 is 0. The summed E-state index contributed by atoms with van der Waals surface area (Å²) in [6.45, 7) is 6.45. The molecule has 90 valence electrons. The quantitative estimate of drug-likeness (QED) is 0.798. The van der Waals surface area contributed by atoms with Gasteiger partial charge in [0.15, 0.2) is 0 Å². The van der Waals surface area contributed by atoms with E-state index in [4.69, 9.17) is 10.5 Å². The second-order valence-electron chi connectivity index (χ2n) is 4.08. The molecule has 2 N–H and O–H groups in total. The highest BCUT2D eigenvalue weighted by molar-refractivity contribution is 5.27. The van der Waals surface area contributed by atoms with Crippen LogP contribution in [0.2, 0.25) is 0 Å². The summed E-state index contributed by atoms with van der Waals surface area (Å²) < 4.78 is 5.40. The minimum absolute atomic E-state index is 0.409. The summed E-state index contributed by atoms with van der Waals surface area (Å²) in [6.07, 6.45) is 0. The van der Waals surface area contributed by atoms with E-state index in [1.54, 1.807) is 0 Å². The third-order valence-electron chi connectivity index (χ3n) is 2.76. The second kappa shape index (κ2) is 6.51. The second-order valence-corrected chi connectivity index (χ2v) is 4.08. The van der Waals surface area contributed by atoms with Gasteiger partial charge in [0, 0.05) is 19.1 Å². The first-order chi connectivity index (χ1) is 7.67. The monoisotopic (exact) mass is 222 g/mol. The number of hydrogen-bond acceptors (Lipinski definition) is 3. The van der Waals surface area contributed by atoms with Gasteiger partial charge in [-0.2, -0.15) is 0 Å². The van der Waals surface area contributed by atoms with Gasteiger partial charge in [-0.3, -0.25) is 4.90 Å². The number of benzene rings is 1. The molecule has 0 aromatic heterocycles. The van der Waals surface area contributed by atoms with Gasteiger partial charge in [0.25, 0.3) is 0 Å². The lowest BCUT2D eigenvalue weighted by Gasteiger charge is -2.23. The fourth-order valence-electron chi connectivity index (χ4n) is 1.48. The fraction of sp³-hybridized carbons (Fsp3) is 0.538. The highest BCUT2D eigenvalue weighted by Crippen LogP contribution is 2.13. The number of ether oxygens (including phenoxy) is 1. The van der Waals surface area contributed by atoms with Gasteiger partial charge in [-0.15, -0.1) is 0 Å². The lowest BCUT2D eigenvalue weighted by molar-refractivity contribution is 0.254. The van der Waals surface area contributed by atoms with Crippen LogP contribution >= 0.6 is 0 Å². The zero-order valence-corrected chi connectivity index (χ0v) is 10.4. The zero-order valence-electron chi connectivity index (χ0n) is 10.4. The summed E-state index contributed by atoms with van der Waals surface area (Å²) in [7, 11) is 2.09. The van der Waals surface area contributed by atoms with Crippen LogP contribution in [0.15, 0.2) is 24.3 Å². The van der Waals surface area contributed by atoms with Crippen LogP contribution in [0, 0.1) is 0 Å². The minimum atomic E-state index is 0.409. The molecular weight excluding hydrogens is 200 g/mol. The van der Waals surface area contributed by atoms with Gasteiger partial charge in [-0.1, -0.05) is 12.1 Å². The van der Waals surface area contributed by atoms with Gasteiger partial charge in [0.1, 0.15) is 5.75 Å². The Morgan fingerprint density at radius 3 is 2.44 bits per heavy atom. The SMILES string of the molecule is CCOc1ccc(CN(C)C(C)CN)cc1. The number of rotatable bonds is 6. The number of likely N-dealkylation sites (N-methyl/N-ethyl adjacent to an activating group) is 1. The molecule has 0 heterocycles. The van der Waals surface area contributed by atoms with E-state index in [9.17, 15) is 0 Å². The Labute approximate surface area is 98.2 Å². The van der Waals surface area contributed by atoms with Crippen molar-refractivity contribution >= 4 is 0 Å². The van der Waals surface area contributed by atoms with Crippen LogP contribution in [0.1, 0.15) is 19.4 Å². The van der Waals surface area contributed by atoms with Crippen molar-refractivity contribution in [3.8, 4) is 5.75 Å². The Bertz CT molecular complexity index is 297. The van der Waals surface area contributed by atoms with Crippen molar-refractivity contribution in [1.82, 2.24) is 4.90 Å². The molecule has 0 aliphatic rings. The van der Waals surface area contributed by atoms with Gasteiger partial charge < -0.3 is 10.5 Å². The standard InChI is InChI=1S/C13H22N2O/c1-4-16-13-7-5-12(6-8-13)10-15(3)11(2)9-14/h5-8,11H,4,9-10,14H2,1-3H3. The van der Waals surface area contributed by atoms with E-state index in [1.165, 1.54) is 5.56 Å². The van der Waals surface area contributed by atoms with Crippen LogP contribution in [0.4, 0.5) is 0 Å². The topological polar surface area (TPSA) is 38.5 Å². The van der Waals surface area contributed by atoms with Gasteiger partial charge in [-0.25, -0.2) is 0 Å². The maximum atomic E-state index is 5.63. The van der Waals surface area contributed by atoms with Crippen LogP contribution in [0.5, 0.6) is 5.75 Å². The van der Waals surface area contributed by atoms with E-state index in [0.717, 1.165) is 12.3 Å². The zero-order chi connectivity index (χ0) is 12.0. The van der Waals surface area contributed by atoms with Crippen LogP contribution in [0.3, 0.4) is 0 Å². The van der Waals surface area contributed by atoms with Gasteiger partial charge >= 0.3 is 0 Å². The van der Waals surface area contributed by atoms with Crippen molar-refractivity contribution in [2.75, 3.05) is 20.2 Å². The van der Waals surface area contributed by atoms with E-state index in [-0.39, 0.29) is 0 Å². The molecule has 0 aliphatic heterocycles. The Hall–Kier alpha value is -1.06. The minimum Gasteiger partial charge on any atom is -0.494 e. The molecule has 0 saturated carbocycles. The average Bonchev–Trinajstić information content (AvgIpc) is 2.31. The van der Waals surface area contributed by atoms with Gasteiger partial charge in [0.2, 0.25) is 0 Å². The summed E-state index contributed by atoms with van der Waals surface area (Å²) in [4.78, 5) is 2.25. The number of hydrogen-bond donors (Lipinski definition) is 1. The largest absolute Gasteiger partial charge is 0.494 e. The first-order valence-electron chi connectivity index (χ1n) is 5.79. The molecule has 0 radical (unpaired) electrons. The maximum Gasteiger partial charge on any atom is 0.119 e. The number of nitrogens with two attached hydrogens (primary N) is 1. The van der Waals surface area contributed by atoms with E-state index < -0.39 is 0 Å². The molecule has 3 nitrogen and oxygen atoms in total. The molecule has 3 heteroatoms. The first kappa shape index (κ1) is 13.0. The van der Waals surface area contributed by atoms with Crippen molar-refractivity contribution in [3.63, 3.8) is 0 Å². The third kappa shape index (κ3) is 3.83. The summed E-state index contributed by atoms with van der Waals surface area (Å²) in [5.74, 6) is 0.931. The molecule has 1 aromatic carbocycles. The summed E-state index contributed by atoms with van der Waals surface area (Å²) in [5, 5.41) is 0. The molecule has 0 amide bonds. The van der Waals surface area contributed by atoms with E-state index in [1.807, 2.05) is 19.1 Å². The molecule has 1 atom stereocenters. The normalized spacial score (nSPS) is 12.8. The Morgan fingerprint density at radius 2 is 1.94 bits per heavy atom. The van der Waals surface area contributed by atoms with E-state index >= 15 is 0 Å². The van der Waals surface area contributed by atoms with Crippen molar-refractivity contribution in [2.24, 2.45) is 5.73 Å². The van der Waals surface area contributed by atoms with Crippen LogP contribution in [-0.4, -0.2) is 31.1 Å². The summed E-state index contributed by atoms with van der Waals surface area (Å²) in [6, 6.07) is 8.64. The van der Waals surface area contributed by atoms with Crippen LogP contribution in [0.25, 0.3) is 0 Å². The van der Waals surface area contributed by atoms with Crippen molar-refractivity contribution < 1.29 is 4.74 Å². The van der Waals surface area contributed by atoms with Crippen LogP contribution in [-0.2, 0) is 6.54 Å². The smallest absolute Gasteiger partial charge is 0.119 e. The highest BCUT2D eigenvalue weighted by atomic mass is 16.5. The Morgan fingerprint density at radius 1 is 1.31 bits per heavy atom. The average molecular weight is 222 g/mol. The Kier molecular flexibility index (Phi) is 5.29. The molecule has 1 unspecified atom stereocenters. The molecule has 0 bridgehead atoms. The van der Waals surface area contributed by atoms with Crippen molar-refractivity contribution in [2.45, 2.75) is 26.4 Å². The predicted molar refractivity (Wildman–Crippen MR) is 67.6 cm³/mol. The predicted octanol–water partition coefficient (Wildman–Crippen LogP) is 1.86. The fourth-order valence-corrected chi connectivity index (χ4v) is 1.48. The lowest BCUT2D eigenvalue weighted by atomic mass is 10.2. The molecule has 0 spiro atoms. The molecular formula is C13H22N2O. The van der Waals surface area contributed by atoms with E-state index in [0.29, 0.717) is 19.2 Å². The van der Waals surface area contributed by atoms with Crippen molar-refractivity contribution in [1.29, 1.82) is 0 Å². The highest BCUT2D eigenvalue weighted by Gasteiger charge is 2.07. The van der Waals surface area contributed by atoms with Crippen LogP contribution < -0.4 is 10.5 Å². The molecule has 0 saturated heterocycles. The van der Waals surface area contributed by atoms with Gasteiger partial charge in [0.05, 0.1) is 6.61 Å². The Balaban J connectivity index is 2.54. The molecule has 16 heavy (non-hydrogen) atoms. The number of nitrogens with zero attached hydrogens (tertiary/aromatic N) is 1. The molecule has 0 aliphatic carbocycles. The van der Waals surface area contributed by atoms with Gasteiger partial charge in [-0.05, 0) is 38.6 Å². The third-order valence-corrected chi connectivity index (χ3v) is 2.76. The molecule has 1 rings (SSSR count). The first-order valence-corrected chi connectivity index (χ1v) is 5.79.